The van der Waals surface area contributed by atoms with Crippen molar-refractivity contribution in [3.63, 3.8) is 0 Å². The van der Waals surface area contributed by atoms with E-state index in [2.05, 4.69) is 26.6 Å². The van der Waals surface area contributed by atoms with Gasteiger partial charge in [-0.1, -0.05) is 0 Å². The molecular formula is C19H32N6O7. The first-order valence-corrected chi connectivity index (χ1v) is 10.4. The van der Waals surface area contributed by atoms with Gasteiger partial charge in [-0.05, 0) is 40.0 Å². The van der Waals surface area contributed by atoms with Crippen LogP contribution in [0, 0.1) is 0 Å². The topological polar surface area (TPSA) is 209 Å². The smallest absolute Gasteiger partial charge is 0.326 e. The summed E-state index contributed by atoms with van der Waals surface area (Å²) in [5, 5.41) is 21.3. The molecule has 1 rings (SSSR count). The van der Waals surface area contributed by atoms with Crippen LogP contribution in [0.15, 0.2) is 0 Å². The molecule has 0 spiro atoms. The van der Waals surface area contributed by atoms with Gasteiger partial charge in [-0.15, -0.1) is 0 Å². The van der Waals surface area contributed by atoms with Gasteiger partial charge in [0.15, 0.2) is 0 Å². The number of rotatable bonds is 1. The van der Waals surface area contributed by atoms with Crippen LogP contribution in [-0.2, 0) is 28.8 Å². The van der Waals surface area contributed by atoms with E-state index in [1.54, 1.807) is 0 Å². The van der Waals surface area contributed by atoms with Crippen LogP contribution < -0.4 is 32.3 Å². The van der Waals surface area contributed by atoms with E-state index < -0.39 is 72.1 Å². The van der Waals surface area contributed by atoms with Gasteiger partial charge in [0, 0.05) is 6.54 Å². The highest BCUT2D eigenvalue weighted by Crippen LogP contribution is 2.01. The normalized spacial score (nSPS) is 30.1. The fourth-order valence-corrected chi connectivity index (χ4v) is 2.80. The predicted molar refractivity (Wildman–Crippen MR) is 112 cm³/mol. The molecular weight excluding hydrogens is 424 g/mol. The lowest BCUT2D eigenvalue weighted by Crippen LogP contribution is -2.56. The van der Waals surface area contributed by atoms with Crippen molar-refractivity contribution in [1.29, 1.82) is 0 Å². The molecule has 0 saturated carbocycles. The maximum atomic E-state index is 12.3. The number of hydrogen-bond acceptors (Lipinski definition) is 7. The number of carbonyl (C=O) groups is 6. The van der Waals surface area contributed by atoms with Gasteiger partial charge < -0.3 is 37.4 Å². The number of nitrogens with two attached hydrogens (primary N) is 1. The molecule has 0 bridgehead atoms. The van der Waals surface area contributed by atoms with Crippen LogP contribution >= 0.6 is 0 Å². The Morgan fingerprint density at radius 3 is 1.78 bits per heavy atom. The van der Waals surface area contributed by atoms with Crippen molar-refractivity contribution in [3.8, 4) is 0 Å². The first-order valence-electron chi connectivity index (χ1n) is 10.4. The van der Waals surface area contributed by atoms with E-state index in [1.807, 2.05) is 0 Å². The molecule has 0 aliphatic carbocycles. The maximum Gasteiger partial charge on any atom is 0.326 e. The van der Waals surface area contributed by atoms with Gasteiger partial charge in [0.25, 0.3) is 0 Å². The number of amides is 5. The highest BCUT2D eigenvalue weighted by atomic mass is 16.4. The summed E-state index contributed by atoms with van der Waals surface area (Å²) in [6.07, 6.45) is 0.811. The fraction of sp³-hybridized carbons (Fsp3) is 0.684. The minimum atomic E-state index is -1.48. The minimum Gasteiger partial charge on any atom is -0.480 e. The Bertz CT molecular complexity index is 744. The lowest BCUT2D eigenvalue weighted by atomic mass is 10.1. The summed E-state index contributed by atoms with van der Waals surface area (Å²) >= 11 is 0. The third kappa shape index (κ3) is 8.88. The van der Waals surface area contributed by atoms with Crippen molar-refractivity contribution < 1.29 is 33.9 Å². The second kappa shape index (κ2) is 12.6. The van der Waals surface area contributed by atoms with Crippen LogP contribution in [0.3, 0.4) is 0 Å². The van der Waals surface area contributed by atoms with Crippen molar-refractivity contribution in [1.82, 2.24) is 26.6 Å². The van der Waals surface area contributed by atoms with E-state index in [1.165, 1.54) is 20.8 Å². The van der Waals surface area contributed by atoms with Crippen molar-refractivity contribution in [2.24, 2.45) is 5.73 Å². The largest absolute Gasteiger partial charge is 0.480 e. The molecule has 180 valence electrons. The van der Waals surface area contributed by atoms with E-state index in [9.17, 15) is 33.9 Å². The van der Waals surface area contributed by atoms with Crippen molar-refractivity contribution in [2.75, 3.05) is 6.54 Å². The zero-order valence-corrected chi connectivity index (χ0v) is 18.4. The number of aliphatic carboxylic acids is 1. The molecule has 5 amide bonds. The lowest BCUT2D eigenvalue weighted by Gasteiger charge is -2.22. The molecule has 0 radical (unpaired) electrons. The van der Waals surface area contributed by atoms with E-state index >= 15 is 0 Å². The van der Waals surface area contributed by atoms with Crippen LogP contribution in [0.2, 0.25) is 0 Å². The number of nitrogens with one attached hydrogen (secondary N) is 5. The Labute approximate surface area is 185 Å². The fourth-order valence-electron chi connectivity index (χ4n) is 2.80. The number of carboxylic acid groups (broad SMARTS) is 1. The van der Waals surface area contributed by atoms with Crippen LogP contribution in [0.25, 0.3) is 0 Å². The average Bonchev–Trinajstić information content (AvgIpc) is 2.71. The second-order valence-electron chi connectivity index (χ2n) is 7.75. The molecule has 1 aliphatic rings. The standard InChI is InChI=1S/C19H32N6O7/c1-9-15(27)23-11(3)17(29)25-13(19(31)32)8-14(26)21-7-5-4-6-12(20)18(30)24-10(2)16(28)22-9/h9-13H,4-8,20H2,1-3H3,(H,21,26)(H,22,28)(H,23,27)(H,24,30)(H,25,29)(H,31,32)/t9-,10-,11-,12-,13-/m0/s1. The van der Waals surface area contributed by atoms with E-state index in [-0.39, 0.29) is 6.54 Å². The van der Waals surface area contributed by atoms with Crippen molar-refractivity contribution >= 4 is 35.5 Å². The Morgan fingerprint density at radius 2 is 1.28 bits per heavy atom. The first kappa shape index (κ1) is 26.8. The van der Waals surface area contributed by atoms with Crippen LogP contribution in [0.5, 0.6) is 0 Å². The summed E-state index contributed by atoms with van der Waals surface area (Å²) in [5.41, 5.74) is 5.83. The highest BCUT2D eigenvalue weighted by Gasteiger charge is 2.28. The Balaban J connectivity index is 2.94. The summed E-state index contributed by atoms with van der Waals surface area (Å²) in [7, 11) is 0. The van der Waals surface area contributed by atoms with Crippen LogP contribution in [-0.4, -0.2) is 77.4 Å². The summed E-state index contributed by atoms with van der Waals surface area (Å²) in [6, 6.07) is -5.47. The molecule has 8 N–H and O–H groups in total. The summed E-state index contributed by atoms with van der Waals surface area (Å²) in [4.78, 5) is 72.4. The molecule has 5 atom stereocenters. The van der Waals surface area contributed by atoms with Gasteiger partial charge in [-0.3, -0.25) is 24.0 Å². The summed E-state index contributed by atoms with van der Waals surface area (Å²) in [6.45, 7) is 4.39. The molecule has 0 aromatic carbocycles. The van der Waals surface area contributed by atoms with Gasteiger partial charge in [0.2, 0.25) is 29.5 Å². The highest BCUT2D eigenvalue weighted by molar-refractivity contribution is 5.95. The molecule has 0 aromatic rings. The van der Waals surface area contributed by atoms with Crippen molar-refractivity contribution in [2.45, 2.75) is 76.7 Å². The quantitative estimate of drug-likeness (QED) is 0.217. The first-order chi connectivity index (χ1) is 14.9. The minimum absolute atomic E-state index is 0.233. The Kier molecular flexibility index (Phi) is 10.5. The van der Waals surface area contributed by atoms with Gasteiger partial charge >= 0.3 is 5.97 Å². The third-order valence-corrected chi connectivity index (χ3v) is 4.86. The van der Waals surface area contributed by atoms with Gasteiger partial charge in [0.05, 0.1) is 12.5 Å². The van der Waals surface area contributed by atoms with Gasteiger partial charge in [-0.2, -0.15) is 0 Å². The maximum absolute atomic E-state index is 12.3. The van der Waals surface area contributed by atoms with Gasteiger partial charge in [0.1, 0.15) is 24.2 Å². The zero-order valence-electron chi connectivity index (χ0n) is 18.4. The number of carboxylic acids is 1. The molecule has 1 saturated heterocycles. The molecule has 0 aromatic heterocycles. The average molecular weight is 457 g/mol. The van der Waals surface area contributed by atoms with Crippen molar-refractivity contribution in [3.05, 3.63) is 0 Å². The van der Waals surface area contributed by atoms with Crippen LogP contribution in [0.1, 0.15) is 46.5 Å². The SMILES string of the molecule is C[C@@H]1NC(=O)[C@H](C)NC(=O)[C@@H](N)CCCCNC(=O)C[C@@H](C(=O)O)NC(=O)[C@H](C)NC1=O. The van der Waals surface area contributed by atoms with E-state index in [0.717, 1.165) is 0 Å². The molecule has 1 heterocycles. The summed E-state index contributed by atoms with van der Waals surface area (Å²) in [5.74, 6) is -4.63. The van der Waals surface area contributed by atoms with Gasteiger partial charge in [-0.25, -0.2) is 4.79 Å². The van der Waals surface area contributed by atoms with Crippen LogP contribution in [0.4, 0.5) is 0 Å². The van der Waals surface area contributed by atoms with E-state index in [4.69, 9.17) is 5.73 Å². The second-order valence-corrected chi connectivity index (χ2v) is 7.75. The van der Waals surface area contributed by atoms with E-state index in [0.29, 0.717) is 19.3 Å². The molecule has 1 aliphatic heterocycles. The molecule has 0 unspecified atom stereocenters. The monoisotopic (exact) mass is 456 g/mol. The number of carbonyl (C=O) groups excluding carboxylic acids is 5. The zero-order chi connectivity index (χ0) is 24.4. The lowest BCUT2D eigenvalue weighted by molar-refractivity contribution is -0.144. The third-order valence-electron chi connectivity index (χ3n) is 4.86. The molecule has 13 heteroatoms. The Morgan fingerprint density at radius 1 is 0.812 bits per heavy atom. The predicted octanol–water partition coefficient (Wildman–Crippen LogP) is -2.91. The summed E-state index contributed by atoms with van der Waals surface area (Å²) < 4.78 is 0. The molecule has 1 fully saturated rings. The number of hydrogen-bond donors (Lipinski definition) is 7. The molecule has 32 heavy (non-hydrogen) atoms. The molecule has 13 nitrogen and oxygen atoms in total. The Hall–Kier alpha value is -3.22.